The minimum atomic E-state index is -0.132. The van der Waals surface area contributed by atoms with Gasteiger partial charge in [0.2, 0.25) is 5.91 Å². The summed E-state index contributed by atoms with van der Waals surface area (Å²) in [6.45, 7) is 0.190. The number of imidazole rings is 1. The lowest BCUT2D eigenvalue weighted by atomic mass is 10.2. The van der Waals surface area contributed by atoms with E-state index < -0.39 is 0 Å². The third-order valence-corrected chi connectivity index (χ3v) is 3.58. The summed E-state index contributed by atoms with van der Waals surface area (Å²) in [7, 11) is 0. The van der Waals surface area contributed by atoms with E-state index in [2.05, 4.69) is 25.8 Å². The Bertz CT molecular complexity index is 991. The molecule has 0 radical (unpaired) electrons. The molecule has 2 heterocycles. The van der Waals surface area contributed by atoms with Crippen LogP contribution in [0.4, 0.5) is 5.69 Å². The van der Waals surface area contributed by atoms with Crippen LogP contribution in [-0.2, 0) is 11.3 Å². The summed E-state index contributed by atoms with van der Waals surface area (Å²) >= 11 is 0. The van der Waals surface area contributed by atoms with Crippen LogP contribution in [0.1, 0.15) is 0 Å². The Kier molecular flexibility index (Phi) is 3.47. The Labute approximate surface area is 136 Å². The van der Waals surface area contributed by atoms with Crippen molar-refractivity contribution in [3.63, 3.8) is 0 Å². The number of hydrogen-bond donors (Lipinski definition) is 1. The zero-order valence-corrected chi connectivity index (χ0v) is 12.6. The fraction of sp³-hybridized carbons (Fsp3) is 0.0625. The molecule has 8 heteroatoms. The second-order valence-corrected chi connectivity index (χ2v) is 5.21. The van der Waals surface area contributed by atoms with Crippen molar-refractivity contribution < 1.29 is 4.79 Å². The smallest absolute Gasteiger partial charge is 0.244 e. The quantitative estimate of drug-likeness (QED) is 0.617. The summed E-state index contributed by atoms with van der Waals surface area (Å²) in [5.41, 5.74) is 3.24. The van der Waals surface area contributed by atoms with Crippen molar-refractivity contribution in [2.45, 2.75) is 6.54 Å². The normalized spacial score (nSPS) is 10.8. The molecule has 0 aliphatic heterocycles. The fourth-order valence-corrected chi connectivity index (χ4v) is 2.50. The van der Waals surface area contributed by atoms with Crippen LogP contribution < -0.4 is 5.32 Å². The van der Waals surface area contributed by atoms with Crippen molar-refractivity contribution in [2.24, 2.45) is 0 Å². The molecule has 4 rings (SSSR count). The van der Waals surface area contributed by atoms with Crippen LogP contribution in [0.3, 0.4) is 0 Å². The Morgan fingerprint density at radius 3 is 2.88 bits per heavy atom. The molecule has 0 saturated heterocycles. The molecule has 0 fully saturated rings. The van der Waals surface area contributed by atoms with E-state index in [0.29, 0.717) is 5.69 Å². The first kappa shape index (κ1) is 14.1. The first-order valence-electron chi connectivity index (χ1n) is 7.33. The van der Waals surface area contributed by atoms with E-state index in [1.807, 2.05) is 47.0 Å². The van der Waals surface area contributed by atoms with E-state index in [0.717, 1.165) is 16.7 Å². The lowest BCUT2D eigenvalue weighted by molar-refractivity contribution is -0.116. The zero-order valence-electron chi connectivity index (χ0n) is 12.6. The standard InChI is InChI=1S/C16H13N7O/c24-16(9-22-10-17-14-6-1-2-7-15(14)22)19-12-4-3-5-13(8-12)23-11-18-20-21-23/h1-8,10-11H,9H2,(H,19,24). The Morgan fingerprint density at radius 2 is 2.00 bits per heavy atom. The average molecular weight is 319 g/mol. The van der Waals surface area contributed by atoms with Gasteiger partial charge in [0.05, 0.1) is 23.0 Å². The third kappa shape index (κ3) is 2.72. The number of para-hydroxylation sites is 2. The number of tetrazole rings is 1. The number of nitrogens with zero attached hydrogens (tertiary/aromatic N) is 6. The first-order chi connectivity index (χ1) is 11.8. The lowest BCUT2D eigenvalue weighted by Crippen LogP contribution is -2.18. The molecule has 0 unspecified atom stereocenters. The topological polar surface area (TPSA) is 90.5 Å². The van der Waals surface area contributed by atoms with Crippen molar-refractivity contribution in [1.29, 1.82) is 0 Å². The second kappa shape index (κ2) is 5.92. The van der Waals surface area contributed by atoms with Crippen LogP contribution in [0.15, 0.2) is 61.2 Å². The molecule has 1 N–H and O–H groups in total. The van der Waals surface area contributed by atoms with Crippen LogP contribution in [0.5, 0.6) is 0 Å². The highest BCUT2D eigenvalue weighted by molar-refractivity contribution is 5.91. The highest BCUT2D eigenvalue weighted by atomic mass is 16.1. The van der Waals surface area contributed by atoms with Gasteiger partial charge in [-0.1, -0.05) is 18.2 Å². The van der Waals surface area contributed by atoms with E-state index in [1.165, 1.54) is 11.0 Å². The first-order valence-corrected chi connectivity index (χ1v) is 7.33. The maximum atomic E-state index is 12.3. The number of anilines is 1. The lowest BCUT2D eigenvalue weighted by Gasteiger charge is -2.08. The maximum Gasteiger partial charge on any atom is 0.244 e. The molecule has 0 saturated carbocycles. The van der Waals surface area contributed by atoms with Crippen molar-refractivity contribution in [2.75, 3.05) is 5.32 Å². The number of hydrogen-bond acceptors (Lipinski definition) is 5. The van der Waals surface area contributed by atoms with E-state index in [1.54, 1.807) is 12.4 Å². The molecule has 2 aromatic heterocycles. The van der Waals surface area contributed by atoms with Crippen molar-refractivity contribution in [3.05, 3.63) is 61.2 Å². The van der Waals surface area contributed by atoms with Gasteiger partial charge in [0.15, 0.2) is 0 Å². The van der Waals surface area contributed by atoms with Gasteiger partial charge < -0.3 is 9.88 Å². The maximum absolute atomic E-state index is 12.3. The number of fused-ring (bicyclic) bond motifs is 1. The molecule has 0 bridgehead atoms. The number of aromatic nitrogens is 6. The molecule has 24 heavy (non-hydrogen) atoms. The van der Waals surface area contributed by atoms with Crippen molar-refractivity contribution >= 4 is 22.6 Å². The van der Waals surface area contributed by atoms with Crippen molar-refractivity contribution in [3.8, 4) is 5.69 Å². The predicted molar refractivity (Wildman–Crippen MR) is 87.5 cm³/mol. The van der Waals surface area contributed by atoms with Crippen LogP contribution >= 0.6 is 0 Å². The Balaban J connectivity index is 1.51. The molecular formula is C16H13N7O. The number of rotatable bonds is 4. The number of benzene rings is 2. The molecular weight excluding hydrogens is 306 g/mol. The van der Waals surface area contributed by atoms with Gasteiger partial charge in [0.25, 0.3) is 0 Å². The highest BCUT2D eigenvalue weighted by Gasteiger charge is 2.08. The van der Waals surface area contributed by atoms with Gasteiger partial charge in [-0.15, -0.1) is 5.10 Å². The largest absolute Gasteiger partial charge is 0.324 e. The van der Waals surface area contributed by atoms with Crippen LogP contribution in [0.25, 0.3) is 16.7 Å². The summed E-state index contributed by atoms with van der Waals surface area (Å²) in [5.74, 6) is -0.132. The molecule has 4 aromatic rings. The van der Waals surface area contributed by atoms with E-state index in [-0.39, 0.29) is 12.5 Å². The van der Waals surface area contributed by atoms with Gasteiger partial charge in [-0.25, -0.2) is 9.67 Å². The highest BCUT2D eigenvalue weighted by Crippen LogP contribution is 2.15. The Morgan fingerprint density at radius 1 is 1.08 bits per heavy atom. The van der Waals surface area contributed by atoms with Crippen LogP contribution in [0.2, 0.25) is 0 Å². The summed E-state index contributed by atoms with van der Waals surface area (Å²) in [6.07, 6.45) is 3.17. The molecule has 0 spiro atoms. The van der Waals surface area contributed by atoms with Gasteiger partial charge in [0.1, 0.15) is 12.9 Å². The van der Waals surface area contributed by atoms with E-state index in [4.69, 9.17) is 0 Å². The van der Waals surface area contributed by atoms with Crippen molar-refractivity contribution in [1.82, 2.24) is 29.8 Å². The summed E-state index contributed by atoms with van der Waals surface area (Å²) in [4.78, 5) is 16.6. The number of carbonyl (C=O) groups is 1. The molecule has 0 aliphatic carbocycles. The van der Waals surface area contributed by atoms with Crippen LogP contribution in [0, 0.1) is 0 Å². The van der Waals surface area contributed by atoms with Gasteiger partial charge >= 0.3 is 0 Å². The fourth-order valence-electron chi connectivity index (χ4n) is 2.50. The SMILES string of the molecule is O=C(Cn1cnc2ccccc21)Nc1cccc(-n2cnnn2)c1. The van der Waals surface area contributed by atoms with E-state index in [9.17, 15) is 4.79 Å². The molecule has 8 nitrogen and oxygen atoms in total. The molecule has 2 aromatic carbocycles. The molecule has 118 valence electrons. The molecule has 0 aliphatic rings. The molecule has 0 atom stereocenters. The second-order valence-electron chi connectivity index (χ2n) is 5.21. The number of amides is 1. The van der Waals surface area contributed by atoms with Gasteiger partial charge in [-0.05, 0) is 40.8 Å². The van der Waals surface area contributed by atoms with Gasteiger partial charge in [-0.3, -0.25) is 4.79 Å². The van der Waals surface area contributed by atoms with Crippen LogP contribution in [-0.4, -0.2) is 35.7 Å². The van der Waals surface area contributed by atoms with Gasteiger partial charge in [-0.2, -0.15) is 0 Å². The molecule has 1 amide bonds. The predicted octanol–water partition coefficient (Wildman–Crippen LogP) is 1.65. The summed E-state index contributed by atoms with van der Waals surface area (Å²) < 4.78 is 3.34. The minimum Gasteiger partial charge on any atom is -0.324 e. The monoisotopic (exact) mass is 319 g/mol. The summed E-state index contributed by atoms with van der Waals surface area (Å²) in [6, 6.07) is 15.0. The van der Waals surface area contributed by atoms with Gasteiger partial charge in [0, 0.05) is 5.69 Å². The minimum absolute atomic E-state index is 0.132. The van der Waals surface area contributed by atoms with E-state index >= 15 is 0 Å². The summed E-state index contributed by atoms with van der Waals surface area (Å²) in [5, 5.41) is 13.9. The number of carbonyl (C=O) groups excluding carboxylic acids is 1. The zero-order chi connectivity index (χ0) is 16.4. The Hall–Kier alpha value is -3.55. The average Bonchev–Trinajstić information content (AvgIpc) is 3.26. The number of nitrogens with one attached hydrogen (secondary N) is 1. The third-order valence-electron chi connectivity index (χ3n) is 3.58.